The molecule has 0 radical (unpaired) electrons. The van der Waals surface area contributed by atoms with Crippen LogP contribution >= 0.6 is 0 Å². The Hall–Kier alpha value is -3.18. The van der Waals surface area contributed by atoms with E-state index in [0.29, 0.717) is 6.61 Å². The van der Waals surface area contributed by atoms with Gasteiger partial charge in [-0.2, -0.15) is 18.3 Å². The molecule has 1 aliphatic rings. The zero-order valence-corrected chi connectivity index (χ0v) is 15.8. The van der Waals surface area contributed by atoms with Crippen molar-refractivity contribution < 1.29 is 27.8 Å². The second-order valence-electron chi connectivity index (χ2n) is 6.42. The predicted octanol–water partition coefficient (Wildman–Crippen LogP) is 2.73. The molecule has 3 aromatic rings. The maximum absolute atomic E-state index is 10.6. The standard InChI is InChI=1S/C17H19N5O.C2HF3O2/c1-2-4-13(5-3-1)16-8-14(20-21-16)9-18-10-15-11-19-17-12-23-7-6-22(15)17;3-2(4,5)1(6)7/h1-5,8,11,18H,6-7,9-10,12H2,(H,20,21);(H,6,7). The van der Waals surface area contributed by atoms with E-state index < -0.39 is 12.1 Å². The van der Waals surface area contributed by atoms with Gasteiger partial charge in [0.25, 0.3) is 0 Å². The number of fused-ring (bicyclic) bond motifs is 1. The number of carboxylic acids is 1. The lowest BCUT2D eigenvalue weighted by atomic mass is 10.1. The number of aliphatic carboxylic acids is 1. The fourth-order valence-electron chi connectivity index (χ4n) is 2.84. The van der Waals surface area contributed by atoms with Crippen LogP contribution in [0.1, 0.15) is 17.2 Å². The van der Waals surface area contributed by atoms with Gasteiger partial charge in [0.15, 0.2) is 0 Å². The van der Waals surface area contributed by atoms with Crippen molar-refractivity contribution in [3.8, 4) is 11.3 Å². The molecule has 0 bridgehead atoms. The number of carboxylic acid groups (broad SMARTS) is 1. The lowest BCUT2D eigenvalue weighted by Gasteiger charge is -2.17. The minimum Gasteiger partial charge on any atom is -0.475 e. The number of nitrogens with zero attached hydrogens (tertiary/aromatic N) is 3. The van der Waals surface area contributed by atoms with Crippen LogP contribution in [0.25, 0.3) is 11.3 Å². The lowest BCUT2D eigenvalue weighted by molar-refractivity contribution is -0.192. The SMILES string of the molecule is O=C(O)C(F)(F)F.c1ccc(-c2cc(CNCc3cnc4n3CCOC4)[nH]n2)cc1. The van der Waals surface area contributed by atoms with Gasteiger partial charge in [0.05, 0.1) is 18.0 Å². The first-order valence-corrected chi connectivity index (χ1v) is 9.06. The van der Waals surface area contributed by atoms with Crippen molar-refractivity contribution in [3.05, 3.63) is 59.8 Å². The molecule has 0 aliphatic carbocycles. The molecule has 1 aromatic carbocycles. The zero-order valence-electron chi connectivity index (χ0n) is 15.8. The summed E-state index contributed by atoms with van der Waals surface area (Å²) in [5.74, 6) is -1.74. The molecule has 1 aliphatic heterocycles. The van der Waals surface area contributed by atoms with Crippen LogP contribution in [-0.2, 0) is 35.8 Å². The third-order valence-corrected chi connectivity index (χ3v) is 4.28. The molecule has 30 heavy (non-hydrogen) atoms. The van der Waals surface area contributed by atoms with Crippen LogP contribution in [0.15, 0.2) is 42.6 Å². The highest BCUT2D eigenvalue weighted by Crippen LogP contribution is 2.17. The number of ether oxygens (including phenoxy) is 1. The molecule has 2 aromatic heterocycles. The molecule has 0 unspecified atom stereocenters. The van der Waals surface area contributed by atoms with Gasteiger partial charge in [-0.15, -0.1) is 0 Å². The summed E-state index contributed by atoms with van der Waals surface area (Å²) in [4.78, 5) is 13.3. The van der Waals surface area contributed by atoms with Crippen molar-refractivity contribution >= 4 is 5.97 Å². The second kappa shape index (κ2) is 9.55. The largest absolute Gasteiger partial charge is 0.490 e. The summed E-state index contributed by atoms with van der Waals surface area (Å²) < 4.78 is 39.4. The Kier molecular flexibility index (Phi) is 6.85. The molecule has 0 saturated carbocycles. The number of imidazole rings is 1. The topological polar surface area (TPSA) is 105 Å². The van der Waals surface area contributed by atoms with Gasteiger partial charge in [-0.25, -0.2) is 9.78 Å². The Balaban J connectivity index is 0.000000318. The number of aromatic nitrogens is 4. The van der Waals surface area contributed by atoms with E-state index >= 15 is 0 Å². The fourth-order valence-corrected chi connectivity index (χ4v) is 2.84. The summed E-state index contributed by atoms with van der Waals surface area (Å²) in [6.45, 7) is 3.79. The first-order valence-electron chi connectivity index (χ1n) is 9.06. The van der Waals surface area contributed by atoms with Crippen molar-refractivity contribution in [1.29, 1.82) is 0 Å². The van der Waals surface area contributed by atoms with Crippen LogP contribution in [0.4, 0.5) is 13.2 Å². The third kappa shape index (κ3) is 5.67. The van der Waals surface area contributed by atoms with Gasteiger partial charge in [0.1, 0.15) is 12.4 Å². The van der Waals surface area contributed by atoms with Gasteiger partial charge < -0.3 is 19.7 Å². The molecule has 3 heterocycles. The minimum absolute atomic E-state index is 0.612. The number of carbonyl (C=O) groups is 1. The molecule has 0 atom stereocenters. The molecular formula is C19H20F3N5O3. The van der Waals surface area contributed by atoms with Crippen molar-refractivity contribution in [2.24, 2.45) is 0 Å². The highest BCUT2D eigenvalue weighted by atomic mass is 19.4. The number of nitrogens with one attached hydrogen (secondary N) is 2. The van der Waals surface area contributed by atoms with Gasteiger partial charge in [-0.3, -0.25) is 5.10 Å². The summed E-state index contributed by atoms with van der Waals surface area (Å²) in [6, 6.07) is 12.3. The average Bonchev–Trinajstić information content (AvgIpc) is 3.36. The molecule has 160 valence electrons. The quantitative estimate of drug-likeness (QED) is 0.583. The Morgan fingerprint density at radius 1 is 1.27 bits per heavy atom. The van der Waals surface area contributed by atoms with E-state index in [1.807, 2.05) is 24.4 Å². The number of rotatable bonds is 5. The van der Waals surface area contributed by atoms with E-state index in [-0.39, 0.29) is 0 Å². The summed E-state index contributed by atoms with van der Waals surface area (Å²) in [5.41, 5.74) is 4.37. The zero-order chi connectivity index (χ0) is 21.6. The van der Waals surface area contributed by atoms with E-state index in [1.54, 1.807) is 0 Å². The first-order chi connectivity index (χ1) is 14.3. The molecule has 8 nitrogen and oxygen atoms in total. The normalized spacial score (nSPS) is 13.3. The van der Waals surface area contributed by atoms with E-state index in [9.17, 15) is 13.2 Å². The van der Waals surface area contributed by atoms with Crippen LogP contribution in [0.2, 0.25) is 0 Å². The Bertz CT molecular complexity index is 969. The van der Waals surface area contributed by atoms with E-state index in [1.165, 1.54) is 5.69 Å². The van der Waals surface area contributed by atoms with E-state index in [2.05, 4.69) is 43.3 Å². The first kappa shape index (κ1) is 21.5. The van der Waals surface area contributed by atoms with Gasteiger partial charge in [-0.05, 0) is 6.07 Å². The van der Waals surface area contributed by atoms with Crippen LogP contribution in [0, 0.1) is 0 Å². The predicted molar refractivity (Wildman–Crippen MR) is 100 cm³/mol. The van der Waals surface area contributed by atoms with Gasteiger partial charge in [0.2, 0.25) is 0 Å². The van der Waals surface area contributed by atoms with Crippen molar-refractivity contribution in [2.45, 2.75) is 32.4 Å². The van der Waals surface area contributed by atoms with Gasteiger partial charge in [0, 0.05) is 37.1 Å². The number of hydrogen-bond donors (Lipinski definition) is 3. The second-order valence-corrected chi connectivity index (χ2v) is 6.42. The minimum atomic E-state index is -5.08. The Morgan fingerprint density at radius 2 is 2.00 bits per heavy atom. The number of alkyl halides is 3. The Labute approximate surface area is 169 Å². The van der Waals surface area contributed by atoms with Gasteiger partial charge >= 0.3 is 12.1 Å². The summed E-state index contributed by atoms with van der Waals surface area (Å²) in [5, 5.41) is 18.0. The number of H-pyrrole nitrogens is 1. The summed E-state index contributed by atoms with van der Waals surface area (Å²) in [7, 11) is 0. The monoisotopic (exact) mass is 423 g/mol. The molecule has 0 spiro atoms. The van der Waals surface area contributed by atoms with Crippen molar-refractivity contribution in [3.63, 3.8) is 0 Å². The van der Waals surface area contributed by atoms with Gasteiger partial charge in [-0.1, -0.05) is 30.3 Å². The number of benzene rings is 1. The lowest BCUT2D eigenvalue weighted by Crippen LogP contribution is -2.21. The third-order valence-electron chi connectivity index (χ3n) is 4.28. The number of hydrogen-bond acceptors (Lipinski definition) is 5. The molecule has 0 fully saturated rings. The van der Waals surface area contributed by atoms with Crippen molar-refractivity contribution in [1.82, 2.24) is 25.1 Å². The molecule has 3 N–H and O–H groups in total. The van der Waals surface area contributed by atoms with E-state index in [0.717, 1.165) is 49.0 Å². The Morgan fingerprint density at radius 3 is 2.70 bits per heavy atom. The van der Waals surface area contributed by atoms with Crippen LogP contribution < -0.4 is 5.32 Å². The van der Waals surface area contributed by atoms with Crippen LogP contribution in [-0.4, -0.2) is 43.6 Å². The highest BCUT2D eigenvalue weighted by Gasteiger charge is 2.38. The van der Waals surface area contributed by atoms with Crippen LogP contribution in [0.5, 0.6) is 0 Å². The smallest absolute Gasteiger partial charge is 0.475 e. The van der Waals surface area contributed by atoms with Crippen LogP contribution in [0.3, 0.4) is 0 Å². The molecular weight excluding hydrogens is 403 g/mol. The summed E-state index contributed by atoms with van der Waals surface area (Å²) >= 11 is 0. The maximum atomic E-state index is 10.6. The van der Waals surface area contributed by atoms with E-state index in [4.69, 9.17) is 14.6 Å². The number of aromatic amines is 1. The van der Waals surface area contributed by atoms with Crippen molar-refractivity contribution in [2.75, 3.05) is 6.61 Å². The molecule has 4 rings (SSSR count). The maximum Gasteiger partial charge on any atom is 0.490 e. The molecule has 0 saturated heterocycles. The number of halogens is 3. The highest BCUT2D eigenvalue weighted by molar-refractivity contribution is 5.73. The fraction of sp³-hybridized carbons (Fsp3) is 0.316. The summed E-state index contributed by atoms with van der Waals surface area (Å²) in [6.07, 6.45) is -3.15. The molecule has 0 amide bonds. The molecule has 11 heteroatoms. The average molecular weight is 423 g/mol.